The molecule has 27 heteroatoms. The van der Waals surface area contributed by atoms with Gasteiger partial charge in [0, 0.05) is 17.8 Å². The number of allylic oxidation sites excluding steroid dienone is 1. The minimum atomic E-state index is -2.02. The Hall–Kier alpha value is -2.24. The maximum Gasteiger partial charge on any atom is 0.309 e. The number of carbonyl (C=O) groups excluding carboxylic acids is 2. The Bertz CT molecular complexity index is 2430. The van der Waals surface area contributed by atoms with Crippen LogP contribution in [0.5, 0.6) is 0 Å². The fourth-order valence-corrected chi connectivity index (χ4v) is 17.5. The zero-order chi connectivity index (χ0) is 64.2. The highest BCUT2D eigenvalue weighted by Gasteiger charge is 2.76. The molecule has 0 aromatic carbocycles. The van der Waals surface area contributed by atoms with Crippen LogP contribution in [0.4, 0.5) is 0 Å². The van der Waals surface area contributed by atoms with Crippen LogP contribution in [0.1, 0.15) is 114 Å². The maximum atomic E-state index is 13.6. The molecule has 0 bridgehead atoms. The van der Waals surface area contributed by atoms with E-state index in [4.69, 9.17) is 47.4 Å². The molecule has 5 aliphatic carbocycles. The van der Waals surface area contributed by atoms with E-state index < -0.39 is 237 Å². The Morgan fingerprint density at radius 2 is 1.21 bits per heavy atom. The Morgan fingerprint density at radius 1 is 0.632 bits per heavy atom. The van der Waals surface area contributed by atoms with Gasteiger partial charge in [-0.3, -0.25) is 9.59 Å². The third-order valence-corrected chi connectivity index (χ3v) is 23.0. The van der Waals surface area contributed by atoms with E-state index in [9.17, 15) is 86.2 Å². The second kappa shape index (κ2) is 25.6. The van der Waals surface area contributed by atoms with Crippen molar-refractivity contribution in [2.45, 2.75) is 261 Å². The number of rotatable bonds is 16. The summed E-state index contributed by atoms with van der Waals surface area (Å²) in [6.45, 7) is 15.5. The van der Waals surface area contributed by atoms with E-state index >= 15 is 0 Å². The first-order valence-corrected chi connectivity index (χ1v) is 30.9. The number of ether oxygens (including phenoxy) is 10. The second-order valence-corrected chi connectivity index (χ2v) is 28.5. The molecule has 9 aliphatic rings. The van der Waals surface area contributed by atoms with Crippen molar-refractivity contribution in [2.24, 2.45) is 56.2 Å². The lowest BCUT2D eigenvalue weighted by Gasteiger charge is -2.73. The van der Waals surface area contributed by atoms with E-state index in [-0.39, 0.29) is 11.8 Å². The number of carbonyl (C=O) groups is 2. The van der Waals surface area contributed by atoms with E-state index in [1.54, 1.807) is 6.92 Å². The van der Waals surface area contributed by atoms with Crippen LogP contribution in [0.3, 0.4) is 0 Å². The lowest BCUT2D eigenvalue weighted by molar-refractivity contribution is -0.398. The molecule has 0 radical (unpaired) electrons. The largest absolute Gasteiger partial charge is 0.458 e. The molecule has 0 amide bonds. The Morgan fingerprint density at radius 3 is 1.77 bits per heavy atom. The predicted molar refractivity (Wildman–Crippen MR) is 295 cm³/mol. The maximum absolute atomic E-state index is 13.6. The van der Waals surface area contributed by atoms with Gasteiger partial charge < -0.3 is 124 Å². The first kappa shape index (κ1) is 69.1. The summed E-state index contributed by atoms with van der Waals surface area (Å²) in [6.07, 6.45) is -34.8. The first-order valence-electron chi connectivity index (χ1n) is 30.9. The van der Waals surface area contributed by atoms with Crippen LogP contribution in [0.25, 0.3) is 0 Å². The van der Waals surface area contributed by atoms with Crippen LogP contribution in [-0.2, 0) is 57.0 Å². The molecule has 0 aromatic heterocycles. The molecule has 0 aromatic rings. The molecule has 9 rings (SSSR count). The SMILES string of the molecule is CCC(C)C(=O)O[C@H]1[C@H](OC(C)=O)[C@]2(CO)[C@H](O)[C@H](O)[C@]3(C)C(=CC[C@@H]4[C@@]5(C)CC[C@H](O[C@@H]6O[C@H](CO[C@@H]7OC[C@H](O)[C@H](O)[C@H]7O)[C@@H](O[C@@H]7O[C@H](CO)[C@@H](O)[C@H](O)[C@H]7O)[C@H](O)[C@H]6O[C@@H]6O[C@H](CO)[C@@H](O)[C@H](O)[C@H]6O)C(C)(C)[C@@H]5CC[C@]43C)[C@@H]2CC1(C)C. The van der Waals surface area contributed by atoms with Gasteiger partial charge in [0.25, 0.3) is 0 Å². The normalized spacial score (nSPS) is 51.6. The minimum absolute atomic E-state index is 0.153. The smallest absolute Gasteiger partial charge is 0.309 e. The number of aliphatic hydroxyl groups is 15. The van der Waals surface area contributed by atoms with E-state index in [1.807, 2.05) is 41.5 Å². The molecule has 15 N–H and O–H groups in total. The topological polar surface area (TPSA) is 430 Å². The highest BCUT2D eigenvalue weighted by molar-refractivity contribution is 5.72. The van der Waals surface area contributed by atoms with Gasteiger partial charge in [0.05, 0.1) is 62.7 Å². The molecule has 32 atom stereocenters. The molecule has 0 spiro atoms. The van der Waals surface area contributed by atoms with E-state index in [0.717, 1.165) is 5.57 Å². The van der Waals surface area contributed by atoms with Crippen LogP contribution in [-0.4, -0.2) is 269 Å². The molecule has 8 fully saturated rings. The average molecular weight is 1250 g/mol. The van der Waals surface area contributed by atoms with Crippen molar-refractivity contribution in [3.05, 3.63) is 11.6 Å². The molecule has 1 unspecified atom stereocenters. The molecule has 4 saturated heterocycles. The van der Waals surface area contributed by atoms with Crippen LogP contribution in [0, 0.1) is 56.2 Å². The molecular weight excluding hydrogens is 1150 g/mol. The van der Waals surface area contributed by atoms with Gasteiger partial charge in [-0.05, 0) is 78.9 Å². The van der Waals surface area contributed by atoms with Gasteiger partial charge in [0.15, 0.2) is 31.3 Å². The van der Waals surface area contributed by atoms with Crippen molar-refractivity contribution >= 4 is 11.9 Å². The molecule has 4 saturated carbocycles. The lowest BCUT2D eigenvalue weighted by atomic mass is 9.32. The first-order chi connectivity index (χ1) is 40.7. The Labute approximate surface area is 506 Å². The number of esters is 2. The summed E-state index contributed by atoms with van der Waals surface area (Å²) >= 11 is 0. The highest BCUT2D eigenvalue weighted by atomic mass is 16.8. The van der Waals surface area contributed by atoms with E-state index in [0.29, 0.717) is 44.9 Å². The number of fused-ring (bicyclic) bond motifs is 7. The van der Waals surface area contributed by atoms with Gasteiger partial charge in [-0.1, -0.05) is 74.0 Å². The monoisotopic (exact) mass is 1250 g/mol. The van der Waals surface area contributed by atoms with Gasteiger partial charge in [0.2, 0.25) is 0 Å². The summed E-state index contributed by atoms with van der Waals surface area (Å²) in [4.78, 5) is 26.6. The quantitative estimate of drug-likeness (QED) is 0.0420. The number of hydrogen-bond donors (Lipinski definition) is 15. The van der Waals surface area contributed by atoms with Gasteiger partial charge in [0.1, 0.15) is 97.7 Å². The second-order valence-electron chi connectivity index (χ2n) is 28.5. The zero-order valence-corrected chi connectivity index (χ0v) is 51.3. The number of hydrogen-bond acceptors (Lipinski definition) is 27. The van der Waals surface area contributed by atoms with Crippen molar-refractivity contribution in [3.8, 4) is 0 Å². The highest BCUT2D eigenvalue weighted by Crippen LogP contribution is 2.76. The zero-order valence-electron chi connectivity index (χ0n) is 51.3. The van der Waals surface area contributed by atoms with Crippen LogP contribution >= 0.6 is 0 Å². The summed E-state index contributed by atoms with van der Waals surface area (Å²) in [6, 6.07) is 0. The summed E-state index contributed by atoms with van der Waals surface area (Å²) in [5.74, 6) is -2.67. The average Bonchev–Trinajstić information content (AvgIpc) is 0.668. The molecular formula is C60H98O27. The summed E-state index contributed by atoms with van der Waals surface area (Å²) in [7, 11) is 0. The lowest BCUT2D eigenvalue weighted by Crippen LogP contribution is -2.76. The van der Waals surface area contributed by atoms with Crippen LogP contribution in [0.2, 0.25) is 0 Å². The summed E-state index contributed by atoms with van der Waals surface area (Å²) < 4.78 is 61.4. The Balaban J connectivity index is 1.05. The van der Waals surface area contributed by atoms with Crippen LogP contribution < -0.4 is 0 Å². The van der Waals surface area contributed by atoms with E-state index in [2.05, 4.69) is 19.9 Å². The van der Waals surface area contributed by atoms with Crippen molar-refractivity contribution < 1.29 is 134 Å². The van der Waals surface area contributed by atoms with Crippen molar-refractivity contribution in [3.63, 3.8) is 0 Å². The third kappa shape index (κ3) is 11.4. The van der Waals surface area contributed by atoms with Crippen molar-refractivity contribution in [2.75, 3.05) is 33.0 Å². The standard InChI is InChI=1S/C60H98O27/c1-11-24(2)50(77)87-48-49(80-25(3)64)60(23-63)27(18-55(48,4)5)26-12-13-33-57(8)16-15-34(56(6,7)32(57)14-17-58(33,9)59(26,10)46(75)47(60)76)84-54-45(86-53-42(73)39(70)37(68)30(20-62)82-53)43(74)44(85-52-41(72)38(69)36(67)29(19-61)81-52)31(83-54)22-79-51-40(71)35(66)28(65)21-78-51/h12,24,27-49,51-54,61-63,65-76H,11,13-23H2,1-10H3/t24?,27-,28-,29+,30+,31+,32-,33+,34-,35-,36+,37+,38-,39-,40+,41+,42+,43-,44+,45+,46-,47+,48-,49-,51-,52-,53-,54-,57-,58+,59-,60-/m0/s1. The minimum Gasteiger partial charge on any atom is -0.458 e. The molecule has 27 nitrogen and oxygen atoms in total. The van der Waals surface area contributed by atoms with Crippen LogP contribution in [0.15, 0.2) is 11.6 Å². The fourth-order valence-electron chi connectivity index (χ4n) is 17.5. The van der Waals surface area contributed by atoms with Gasteiger partial charge in [-0.25, -0.2) is 0 Å². The van der Waals surface area contributed by atoms with Gasteiger partial charge >= 0.3 is 11.9 Å². The van der Waals surface area contributed by atoms with Gasteiger partial charge in [-0.15, -0.1) is 0 Å². The molecule has 4 heterocycles. The predicted octanol–water partition coefficient (Wildman–Crippen LogP) is -2.87. The summed E-state index contributed by atoms with van der Waals surface area (Å²) in [5.41, 5.74) is -4.86. The Kier molecular flexibility index (Phi) is 20.3. The fraction of sp³-hybridized carbons (Fsp3) is 0.933. The molecule has 4 aliphatic heterocycles. The number of aliphatic hydroxyl groups excluding tert-OH is 15. The third-order valence-electron chi connectivity index (χ3n) is 23.0. The van der Waals surface area contributed by atoms with Crippen molar-refractivity contribution in [1.82, 2.24) is 0 Å². The molecule has 87 heavy (non-hydrogen) atoms. The summed E-state index contributed by atoms with van der Waals surface area (Å²) in [5, 5.41) is 168. The van der Waals surface area contributed by atoms with Gasteiger partial charge in [-0.2, -0.15) is 0 Å². The molecule has 500 valence electrons. The van der Waals surface area contributed by atoms with Crippen molar-refractivity contribution in [1.29, 1.82) is 0 Å². The van der Waals surface area contributed by atoms with E-state index in [1.165, 1.54) is 6.92 Å².